The van der Waals surface area contributed by atoms with E-state index in [1.54, 1.807) is 5.57 Å². The predicted octanol–water partition coefficient (Wildman–Crippen LogP) is 4.64. The molecule has 0 aromatic carbocycles. The van der Waals surface area contributed by atoms with E-state index in [1.807, 2.05) is 0 Å². The van der Waals surface area contributed by atoms with Crippen LogP contribution in [0.4, 0.5) is 0 Å². The first-order valence-electron chi connectivity index (χ1n) is 9.30. The summed E-state index contributed by atoms with van der Waals surface area (Å²) in [6.07, 6.45) is 11.0. The van der Waals surface area contributed by atoms with E-state index in [1.165, 1.54) is 43.4 Å². The Balaban J connectivity index is 1.74. The van der Waals surface area contributed by atoms with Crippen molar-refractivity contribution in [2.24, 2.45) is 28.6 Å². The van der Waals surface area contributed by atoms with Gasteiger partial charge in [0, 0.05) is 11.8 Å². The minimum atomic E-state index is -0.0770. The van der Waals surface area contributed by atoms with Crippen molar-refractivity contribution in [2.75, 3.05) is 0 Å². The molecule has 0 aromatic heterocycles. The summed E-state index contributed by atoms with van der Waals surface area (Å²) < 4.78 is 0. The first-order chi connectivity index (χ1) is 10.8. The van der Waals surface area contributed by atoms with Crippen LogP contribution in [0.3, 0.4) is 0 Å². The zero-order valence-corrected chi connectivity index (χ0v) is 14.7. The Morgan fingerprint density at radius 1 is 0.957 bits per heavy atom. The number of carbonyl (C=O) groups excluding carboxylic acids is 2. The molecule has 0 saturated heterocycles. The number of hydrogen-bond acceptors (Lipinski definition) is 2. The molecule has 2 heteroatoms. The van der Waals surface area contributed by atoms with Gasteiger partial charge in [-0.25, -0.2) is 0 Å². The summed E-state index contributed by atoms with van der Waals surface area (Å²) in [6.45, 7) is 7.33. The lowest BCUT2D eigenvalue weighted by atomic mass is 9.47. The van der Waals surface area contributed by atoms with E-state index in [2.05, 4.69) is 20.8 Å². The molecule has 4 atom stereocenters. The monoisotopic (exact) mass is 312 g/mol. The fourth-order valence-electron chi connectivity index (χ4n) is 6.45. The predicted molar refractivity (Wildman–Crippen MR) is 90.9 cm³/mol. The third-order valence-electron chi connectivity index (χ3n) is 7.60. The van der Waals surface area contributed by atoms with Gasteiger partial charge in [0.2, 0.25) is 0 Å². The van der Waals surface area contributed by atoms with Crippen LogP contribution in [0.25, 0.3) is 0 Å². The Labute approximate surface area is 139 Å². The summed E-state index contributed by atoms with van der Waals surface area (Å²) in [5, 5.41) is 0. The maximum Gasteiger partial charge on any atom is 0.159 e. The summed E-state index contributed by atoms with van der Waals surface area (Å²) in [5.74, 6) is 0.943. The third kappa shape index (κ3) is 2.13. The molecule has 0 heterocycles. The van der Waals surface area contributed by atoms with E-state index >= 15 is 0 Å². The molecule has 0 bridgehead atoms. The fraction of sp³-hybridized carbons (Fsp3) is 0.714. The molecular weight excluding hydrogens is 284 g/mol. The van der Waals surface area contributed by atoms with Crippen LogP contribution in [0.5, 0.6) is 0 Å². The quantitative estimate of drug-likeness (QED) is 0.610. The van der Waals surface area contributed by atoms with Crippen LogP contribution in [-0.4, -0.2) is 11.6 Å². The number of ketones is 2. The fourth-order valence-corrected chi connectivity index (χ4v) is 6.45. The summed E-state index contributed by atoms with van der Waals surface area (Å²) in [5.41, 5.74) is 3.75. The van der Waals surface area contributed by atoms with Gasteiger partial charge in [0.25, 0.3) is 0 Å². The van der Waals surface area contributed by atoms with Crippen molar-refractivity contribution in [3.63, 3.8) is 0 Å². The summed E-state index contributed by atoms with van der Waals surface area (Å²) in [6, 6.07) is 0. The van der Waals surface area contributed by atoms with Gasteiger partial charge in [-0.3, -0.25) is 9.59 Å². The Morgan fingerprint density at radius 3 is 2.30 bits per heavy atom. The van der Waals surface area contributed by atoms with E-state index < -0.39 is 0 Å². The lowest BCUT2D eigenvalue weighted by molar-refractivity contribution is -0.129. The topological polar surface area (TPSA) is 34.1 Å². The Bertz CT molecular complexity index is 636. The van der Waals surface area contributed by atoms with Gasteiger partial charge in [-0.05, 0) is 67.4 Å². The molecule has 23 heavy (non-hydrogen) atoms. The van der Waals surface area contributed by atoms with Crippen LogP contribution in [0.2, 0.25) is 0 Å². The van der Waals surface area contributed by atoms with Crippen LogP contribution in [-0.2, 0) is 9.59 Å². The van der Waals surface area contributed by atoms with Crippen LogP contribution in [0.1, 0.15) is 65.7 Å². The number of fused-ring (bicyclic) bond motifs is 3. The first-order valence-corrected chi connectivity index (χ1v) is 9.30. The van der Waals surface area contributed by atoms with E-state index in [-0.39, 0.29) is 28.8 Å². The summed E-state index contributed by atoms with van der Waals surface area (Å²) in [7, 11) is 0. The molecule has 2 nitrogen and oxygen atoms in total. The number of hydrogen-bond donors (Lipinski definition) is 0. The number of allylic oxidation sites excluding steroid dienone is 4. The van der Waals surface area contributed by atoms with E-state index in [9.17, 15) is 9.59 Å². The maximum atomic E-state index is 12.4. The first kappa shape index (κ1) is 15.4. The minimum Gasteiger partial charge on any atom is -0.295 e. The highest BCUT2D eigenvalue weighted by Gasteiger charge is 2.53. The normalized spacial score (nSPS) is 42.1. The van der Waals surface area contributed by atoms with Crippen LogP contribution in [0, 0.1) is 28.6 Å². The maximum absolute atomic E-state index is 12.4. The zero-order chi connectivity index (χ0) is 16.4. The van der Waals surface area contributed by atoms with Gasteiger partial charge in [-0.15, -0.1) is 0 Å². The minimum absolute atomic E-state index is 0.0667. The Morgan fingerprint density at radius 2 is 1.61 bits per heavy atom. The van der Waals surface area contributed by atoms with Gasteiger partial charge in [-0.1, -0.05) is 38.3 Å². The van der Waals surface area contributed by atoms with Crippen molar-refractivity contribution in [3.8, 4) is 0 Å². The smallest absolute Gasteiger partial charge is 0.159 e. The lowest BCUT2D eigenvalue weighted by Crippen LogP contribution is -2.48. The Kier molecular flexibility index (Phi) is 3.28. The molecule has 0 spiro atoms. The van der Waals surface area contributed by atoms with E-state index in [0.717, 1.165) is 25.2 Å². The highest BCUT2D eigenvalue weighted by molar-refractivity contribution is 6.07. The highest BCUT2D eigenvalue weighted by Crippen LogP contribution is 2.62. The van der Waals surface area contributed by atoms with Gasteiger partial charge in [0.1, 0.15) is 0 Å². The van der Waals surface area contributed by atoms with Gasteiger partial charge in [0.05, 0.1) is 0 Å². The van der Waals surface area contributed by atoms with Crippen molar-refractivity contribution in [1.29, 1.82) is 0 Å². The second-order valence-corrected chi connectivity index (χ2v) is 9.19. The van der Waals surface area contributed by atoms with Crippen molar-refractivity contribution >= 4 is 11.6 Å². The van der Waals surface area contributed by atoms with E-state index in [0.29, 0.717) is 5.41 Å². The van der Waals surface area contributed by atoms with Crippen LogP contribution < -0.4 is 0 Å². The molecule has 4 aliphatic carbocycles. The highest BCUT2D eigenvalue weighted by atomic mass is 16.1. The molecule has 124 valence electrons. The van der Waals surface area contributed by atoms with Gasteiger partial charge < -0.3 is 0 Å². The van der Waals surface area contributed by atoms with Gasteiger partial charge in [-0.2, -0.15) is 0 Å². The molecular formula is C21H28O2. The largest absolute Gasteiger partial charge is 0.295 e. The van der Waals surface area contributed by atoms with Crippen LogP contribution >= 0.6 is 0 Å². The molecule has 0 aliphatic heterocycles. The van der Waals surface area contributed by atoms with Crippen molar-refractivity contribution in [2.45, 2.75) is 65.7 Å². The standard InChI is InChI=1S/C21H28O2/c1-20(2)9-4-10-21(3)16-12-15-14(17(22)6-7-18(15)23)11-13(16)5-8-19(20)21/h6-7,14-15,19H,4-5,8-12H2,1-3H3/t14-,15+,19-,21+/m1/s1. The number of carbonyl (C=O) groups is 2. The lowest BCUT2D eigenvalue weighted by Gasteiger charge is -2.57. The molecule has 0 N–H and O–H groups in total. The SMILES string of the molecule is CC1(C)CCC[C@@]2(C)C3=C(CC[C@H]12)C[C@H]1C(=O)C=CC(=O)[C@H]1C3. The van der Waals surface area contributed by atoms with Crippen molar-refractivity contribution < 1.29 is 9.59 Å². The van der Waals surface area contributed by atoms with Crippen molar-refractivity contribution in [1.82, 2.24) is 0 Å². The zero-order valence-electron chi connectivity index (χ0n) is 14.7. The molecule has 4 aliphatic rings. The van der Waals surface area contributed by atoms with Crippen molar-refractivity contribution in [3.05, 3.63) is 23.3 Å². The number of rotatable bonds is 0. The molecule has 0 radical (unpaired) electrons. The summed E-state index contributed by atoms with van der Waals surface area (Å²) in [4.78, 5) is 24.6. The van der Waals surface area contributed by atoms with Crippen LogP contribution in [0.15, 0.2) is 23.3 Å². The molecule has 1 fully saturated rings. The Hall–Kier alpha value is -1.18. The second kappa shape index (κ2) is 4.91. The average Bonchev–Trinajstić information content (AvgIpc) is 2.49. The third-order valence-corrected chi connectivity index (χ3v) is 7.60. The molecule has 0 amide bonds. The second-order valence-electron chi connectivity index (χ2n) is 9.19. The molecule has 1 saturated carbocycles. The molecule has 4 rings (SSSR count). The average molecular weight is 312 g/mol. The summed E-state index contributed by atoms with van der Waals surface area (Å²) >= 11 is 0. The molecule has 0 aromatic rings. The molecule has 0 unspecified atom stereocenters. The van der Waals surface area contributed by atoms with Gasteiger partial charge in [0.15, 0.2) is 11.6 Å². The van der Waals surface area contributed by atoms with Gasteiger partial charge >= 0.3 is 0 Å². The van der Waals surface area contributed by atoms with E-state index in [4.69, 9.17) is 0 Å².